The van der Waals surface area contributed by atoms with E-state index in [1.54, 1.807) is 0 Å². The number of hydrogen-bond donors (Lipinski definition) is 1. The average molecular weight is 276 g/mol. The molecular weight excluding hydrogens is 265 g/mol. The number of alkyl halides is 3. The lowest BCUT2D eigenvalue weighted by Gasteiger charge is -2.13. The highest BCUT2D eigenvalue weighted by Crippen LogP contribution is 2.31. The van der Waals surface area contributed by atoms with Gasteiger partial charge in [0.15, 0.2) is 11.5 Å². The van der Waals surface area contributed by atoms with E-state index in [0.29, 0.717) is 0 Å². The summed E-state index contributed by atoms with van der Waals surface area (Å²) in [6.45, 7) is 1.18. The largest absolute Gasteiger partial charge is 0.573 e. The van der Waals surface area contributed by atoms with E-state index in [4.69, 9.17) is 9.84 Å². The fourth-order valence-electron chi connectivity index (χ4n) is 1.12. The molecule has 1 aromatic carbocycles. The summed E-state index contributed by atoms with van der Waals surface area (Å²) in [6, 6.07) is 5.25. The third-order valence-corrected chi connectivity index (χ3v) is 2.04. The Balaban J connectivity index is 2.74. The molecule has 0 spiro atoms. The van der Waals surface area contributed by atoms with E-state index >= 15 is 0 Å². The first-order valence-corrected chi connectivity index (χ1v) is 5.17. The van der Waals surface area contributed by atoms with Gasteiger partial charge in [-0.3, -0.25) is 0 Å². The van der Waals surface area contributed by atoms with Crippen molar-refractivity contribution in [2.45, 2.75) is 13.3 Å². The summed E-state index contributed by atoms with van der Waals surface area (Å²) < 4.78 is 45.1. The molecule has 0 radical (unpaired) electrons. The van der Waals surface area contributed by atoms with Gasteiger partial charge >= 0.3 is 12.3 Å². The molecular formula is C12H11F3O4. The Kier molecular flexibility index (Phi) is 4.80. The molecule has 7 heteroatoms. The molecule has 0 unspecified atom stereocenters. The number of rotatable bonds is 5. The first-order chi connectivity index (χ1) is 8.79. The Bertz CT molecular complexity index is 480. The third-order valence-electron chi connectivity index (χ3n) is 2.04. The summed E-state index contributed by atoms with van der Waals surface area (Å²) in [5, 5.41) is 8.59. The standard InChI is InChI=1S/C12H11F3O4/c1-8(11(16)17)6-7-18-9-4-2-3-5-10(9)19-12(13,14)15/h2-6H,7H2,1H3,(H,16,17)/b8-6-. The van der Waals surface area contributed by atoms with Gasteiger partial charge in [-0.1, -0.05) is 12.1 Å². The fourth-order valence-corrected chi connectivity index (χ4v) is 1.12. The zero-order valence-electron chi connectivity index (χ0n) is 9.90. The van der Waals surface area contributed by atoms with Gasteiger partial charge in [-0.05, 0) is 25.1 Å². The Morgan fingerprint density at radius 1 is 1.32 bits per heavy atom. The molecule has 0 atom stereocenters. The number of ether oxygens (including phenoxy) is 2. The van der Waals surface area contributed by atoms with Crippen molar-refractivity contribution in [1.82, 2.24) is 0 Å². The normalized spacial score (nSPS) is 12.1. The Hall–Kier alpha value is -2.18. The minimum atomic E-state index is -4.81. The summed E-state index contributed by atoms with van der Waals surface area (Å²) in [5.41, 5.74) is 0.0363. The van der Waals surface area contributed by atoms with E-state index < -0.39 is 18.1 Å². The molecule has 1 rings (SSSR count). The molecule has 19 heavy (non-hydrogen) atoms. The van der Waals surface area contributed by atoms with Crippen LogP contribution in [0.4, 0.5) is 13.2 Å². The van der Waals surface area contributed by atoms with E-state index in [9.17, 15) is 18.0 Å². The SMILES string of the molecule is C/C(=C/COc1ccccc1OC(F)(F)F)C(=O)O. The van der Waals surface area contributed by atoms with Crippen molar-refractivity contribution in [3.8, 4) is 11.5 Å². The van der Waals surface area contributed by atoms with Crippen LogP contribution in [0.15, 0.2) is 35.9 Å². The lowest BCUT2D eigenvalue weighted by molar-refractivity contribution is -0.275. The molecule has 4 nitrogen and oxygen atoms in total. The summed E-state index contributed by atoms with van der Waals surface area (Å²) in [6.07, 6.45) is -3.57. The van der Waals surface area contributed by atoms with Crippen molar-refractivity contribution in [2.75, 3.05) is 6.61 Å². The van der Waals surface area contributed by atoms with Crippen molar-refractivity contribution in [3.05, 3.63) is 35.9 Å². The number of carbonyl (C=O) groups is 1. The van der Waals surface area contributed by atoms with Crippen LogP contribution in [0.5, 0.6) is 11.5 Å². The van der Waals surface area contributed by atoms with Gasteiger partial charge in [0.05, 0.1) is 0 Å². The molecule has 0 saturated carbocycles. The van der Waals surface area contributed by atoms with Crippen LogP contribution >= 0.6 is 0 Å². The molecule has 0 fully saturated rings. The maximum Gasteiger partial charge on any atom is 0.573 e. The smallest absolute Gasteiger partial charge is 0.486 e. The maximum absolute atomic E-state index is 12.1. The van der Waals surface area contributed by atoms with Crippen molar-refractivity contribution in [3.63, 3.8) is 0 Å². The number of carboxylic acids is 1. The van der Waals surface area contributed by atoms with E-state index in [-0.39, 0.29) is 17.9 Å². The monoisotopic (exact) mass is 276 g/mol. The third kappa shape index (κ3) is 5.33. The van der Waals surface area contributed by atoms with E-state index in [1.807, 2.05) is 0 Å². The summed E-state index contributed by atoms with van der Waals surface area (Å²) in [4.78, 5) is 10.5. The van der Waals surface area contributed by atoms with Gasteiger partial charge in [0.2, 0.25) is 0 Å². The molecule has 0 amide bonds. The summed E-state index contributed by atoms with van der Waals surface area (Å²) >= 11 is 0. The highest BCUT2D eigenvalue weighted by Gasteiger charge is 2.32. The predicted molar refractivity (Wildman–Crippen MR) is 60.0 cm³/mol. The zero-order chi connectivity index (χ0) is 14.5. The van der Waals surface area contributed by atoms with Crippen molar-refractivity contribution < 1.29 is 32.5 Å². The lowest BCUT2D eigenvalue weighted by Crippen LogP contribution is -2.17. The molecule has 0 aliphatic carbocycles. The van der Waals surface area contributed by atoms with Crippen LogP contribution in [0.25, 0.3) is 0 Å². The fraction of sp³-hybridized carbons (Fsp3) is 0.250. The highest BCUT2D eigenvalue weighted by molar-refractivity contribution is 5.85. The number of benzene rings is 1. The zero-order valence-corrected chi connectivity index (χ0v) is 9.90. The molecule has 0 aromatic heterocycles. The molecule has 0 saturated heterocycles. The van der Waals surface area contributed by atoms with Gasteiger partial charge in [-0.15, -0.1) is 13.2 Å². The van der Waals surface area contributed by atoms with Crippen LogP contribution in [0, 0.1) is 0 Å². The Labute approximate surface area is 107 Å². The number of para-hydroxylation sites is 2. The lowest BCUT2D eigenvalue weighted by atomic mass is 10.3. The van der Waals surface area contributed by atoms with Crippen LogP contribution in [-0.4, -0.2) is 24.0 Å². The quantitative estimate of drug-likeness (QED) is 0.840. The van der Waals surface area contributed by atoms with Gasteiger partial charge in [0.1, 0.15) is 6.61 Å². The second-order valence-corrected chi connectivity index (χ2v) is 3.50. The van der Waals surface area contributed by atoms with Gasteiger partial charge in [0, 0.05) is 5.57 Å². The maximum atomic E-state index is 12.1. The minimum absolute atomic E-state index is 0.0363. The second-order valence-electron chi connectivity index (χ2n) is 3.50. The van der Waals surface area contributed by atoms with Crippen LogP contribution in [-0.2, 0) is 4.79 Å². The second kappa shape index (κ2) is 6.12. The first kappa shape index (κ1) is 14.9. The average Bonchev–Trinajstić information content (AvgIpc) is 2.29. The molecule has 0 heterocycles. The number of carboxylic acid groups (broad SMARTS) is 1. The van der Waals surface area contributed by atoms with Gasteiger partial charge in [0.25, 0.3) is 0 Å². The highest BCUT2D eigenvalue weighted by atomic mass is 19.4. The van der Waals surface area contributed by atoms with E-state index in [1.165, 1.54) is 31.2 Å². The van der Waals surface area contributed by atoms with Crippen molar-refractivity contribution in [1.29, 1.82) is 0 Å². The number of halogens is 3. The molecule has 1 aromatic rings. The van der Waals surface area contributed by atoms with Crippen LogP contribution < -0.4 is 9.47 Å². The molecule has 0 aliphatic heterocycles. The predicted octanol–water partition coefficient (Wildman–Crippen LogP) is 2.99. The topological polar surface area (TPSA) is 55.8 Å². The van der Waals surface area contributed by atoms with Gasteiger partial charge < -0.3 is 14.6 Å². The molecule has 104 valence electrons. The van der Waals surface area contributed by atoms with Gasteiger partial charge in [-0.25, -0.2) is 4.79 Å². The van der Waals surface area contributed by atoms with Crippen LogP contribution in [0.1, 0.15) is 6.92 Å². The van der Waals surface area contributed by atoms with E-state index in [2.05, 4.69) is 4.74 Å². The van der Waals surface area contributed by atoms with Crippen LogP contribution in [0.3, 0.4) is 0 Å². The van der Waals surface area contributed by atoms with Gasteiger partial charge in [-0.2, -0.15) is 0 Å². The Morgan fingerprint density at radius 3 is 2.42 bits per heavy atom. The summed E-state index contributed by atoms with van der Waals surface area (Å²) in [5.74, 6) is -1.71. The van der Waals surface area contributed by atoms with Crippen molar-refractivity contribution >= 4 is 5.97 Å². The first-order valence-electron chi connectivity index (χ1n) is 5.17. The van der Waals surface area contributed by atoms with Crippen LogP contribution in [0.2, 0.25) is 0 Å². The molecule has 0 aliphatic rings. The van der Waals surface area contributed by atoms with E-state index in [0.717, 1.165) is 6.07 Å². The summed E-state index contributed by atoms with van der Waals surface area (Å²) in [7, 11) is 0. The van der Waals surface area contributed by atoms with Crippen molar-refractivity contribution in [2.24, 2.45) is 0 Å². The molecule has 1 N–H and O–H groups in total. The Morgan fingerprint density at radius 2 is 1.89 bits per heavy atom. The number of aliphatic carboxylic acids is 1. The number of hydrogen-bond acceptors (Lipinski definition) is 3. The minimum Gasteiger partial charge on any atom is -0.486 e. The molecule has 0 bridgehead atoms.